The molecule has 0 bridgehead atoms. The van der Waals surface area contributed by atoms with Gasteiger partial charge in [0, 0.05) is 31.7 Å². The van der Waals surface area contributed by atoms with E-state index in [4.69, 9.17) is 0 Å². The van der Waals surface area contributed by atoms with Crippen molar-refractivity contribution >= 4 is 13.5 Å². The molecule has 0 aromatic rings. The summed E-state index contributed by atoms with van der Waals surface area (Å²) in [7, 11) is 0. The second-order valence-electron chi connectivity index (χ2n) is 4.07. The van der Waals surface area contributed by atoms with E-state index in [1.165, 1.54) is 26.2 Å². The minimum Gasteiger partial charge on any atom is -0.298 e. The molecule has 0 aromatic heterocycles. The second kappa shape index (κ2) is 5.89. The standard InChI is InChI=1S/C10H22N2.H2S/c1-5-11-6-7-12(9(2)3)8-10(11)4;/h9-10H,5-8H2,1-4H3;1H2/t10-;/m0./s1. The van der Waals surface area contributed by atoms with Gasteiger partial charge in [-0.1, -0.05) is 6.92 Å². The average Bonchev–Trinajstić information content (AvgIpc) is 2.04. The highest BCUT2D eigenvalue weighted by molar-refractivity contribution is 7.59. The van der Waals surface area contributed by atoms with Crippen LogP contribution in [-0.4, -0.2) is 48.1 Å². The molecule has 0 radical (unpaired) electrons. The molecular formula is C10H24N2S. The number of hydrogen-bond acceptors (Lipinski definition) is 2. The van der Waals surface area contributed by atoms with Crippen LogP contribution in [0, 0.1) is 0 Å². The maximum absolute atomic E-state index is 2.57. The molecule has 0 aliphatic carbocycles. The lowest BCUT2D eigenvalue weighted by Gasteiger charge is -2.41. The zero-order chi connectivity index (χ0) is 9.14. The molecule has 80 valence electrons. The van der Waals surface area contributed by atoms with Crippen molar-refractivity contribution in [2.24, 2.45) is 0 Å². The van der Waals surface area contributed by atoms with E-state index in [2.05, 4.69) is 37.5 Å². The Kier molecular flexibility index (Phi) is 6.01. The van der Waals surface area contributed by atoms with Crippen molar-refractivity contribution < 1.29 is 0 Å². The molecule has 0 aromatic carbocycles. The summed E-state index contributed by atoms with van der Waals surface area (Å²) in [6.07, 6.45) is 0. The molecule has 1 fully saturated rings. The smallest absolute Gasteiger partial charge is 0.0195 e. The molecule has 0 saturated carbocycles. The molecule has 1 aliphatic heterocycles. The van der Waals surface area contributed by atoms with Crippen molar-refractivity contribution in [2.45, 2.75) is 39.8 Å². The van der Waals surface area contributed by atoms with Gasteiger partial charge in [-0.15, -0.1) is 0 Å². The number of piperazine rings is 1. The molecule has 13 heavy (non-hydrogen) atoms. The van der Waals surface area contributed by atoms with Gasteiger partial charge in [-0.05, 0) is 27.3 Å². The maximum atomic E-state index is 2.57. The molecule has 0 spiro atoms. The fraction of sp³-hybridized carbons (Fsp3) is 1.00. The highest BCUT2D eigenvalue weighted by Gasteiger charge is 2.23. The molecule has 0 amide bonds. The Balaban J connectivity index is 0.00000144. The fourth-order valence-electron chi connectivity index (χ4n) is 1.96. The van der Waals surface area contributed by atoms with Gasteiger partial charge in [0.2, 0.25) is 0 Å². The quantitative estimate of drug-likeness (QED) is 0.673. The van der Waals surface area contributed by atoms with E-state index in [0.29, 0.717) is 6.04 Å². The first kappa shape index (κ1) is 13.3. The van der Waals surface area contributed by atoms with E-state index < -0.39 is 0 Å². The predicted octanol–water partition coefficient (Wildman–Crippen LogP) is 1.53. The topological polar surface area (TPSA) is 6.48 Å². The number of nitrogens with zero attached hydrogens (tertiary/aromatic N) is 2. The molecule has 1 saturated heterocycles. The van der Waals surface area contributed by atoms with Crippen LogP contribution in [0.4, 0.5) is 0 Å². The van der Waals surface area contributed by atoms with Crippen LogP contribution in [0.2, 0.25) is 0 Å². The summed E-state index contributed by atoms with van der Waals surface area (Å²) >= 11 is 0. The molecule has 1 aliphatic rings. The SMILES string of the molecule is CCN1CCN(C(C)C)C[C@@H]1C.S. The third kappa shape index (κ3) is 3.49. The molecular weight excluding hydrogens is 180 g/mol. The molecule has 1 heterocycles. The summed E-state index contributed by atoms with van der Waals surface area (Å²) in [5, 5.41) is 0. The second-order valence-corrected chi connectivity index (χ2v) is 4.07. The first-order valence-corrected chi connectivity index (χ1v) is 5.13. The van der Waals surface area contributed by atoms with Crippen LogP contribution in [0.15, 0.2) is 0 Å². The first-order chi connectivity index (χ1) is 5.65. The fourth-order valence-corrected chi connectivity index (χ4v) is 1.96. The van der Waals surface area contributed by atoms with Crippen LogP contribution in [-0.2, 0) is 0 Å². The van der Waals surface area contributed by atoms with Gasteiger partial charge in [-0.3, -0.25) is 9.80 Å². The Bertz CT molecular complexity index is 139. The van der Waals surface area contributed by atoms with E-state index in [1.54, 1.807) is 0 Å². The van der Waals surface area contributed by atoms with Gasteiger partial charge in [-0.25, -0.2) is 0 Å². The summed E-state index contributed by atoms with van der Waals surface area (Å²) in [4.78, 5) is 5.12. The molecule has 2 nitrogen and oxygen atoms in total. The van der Waals surface area contributed by atoms with E-state index in [-0.39, 0.29) is 13.5 Å². The Labute approximate surface area is 89.7 Å². The van der Waals surface area contributed by atoms with Crippen molar-refractivity contribution in [3.05, 3.63) is 0 Å². The van der Waals surface area contributed by atoms with Crippen molar-refractivity contribution in [2.75, 3.05) is 26.2 Å². The lowest BCUT2D eigenvalue weighted by Crippen LogP contribution is -2.53. The lowest BCUT2D eigenvalue weighted by atomic mass is 10.1. The van der Waals surface area contributed by atoms with Crippen molar-refractivity contribution in [1.82, 2.24) is 9.80 Å². The molecule has 0 N–H and O–H groups in total. The summed E-state index contributed by atoms with van der Waals surface area (Å²) in [5.74, 6) is 0. The van der Waals surface area contributed by atoms with Crippen molar-refractivity contribution in [3.8, 4) is 0 Å². The summed E-state index contributed by atoms with van der Waals surface area (Å²) in [6.45, 7) is 14.1. The van der Waals surface area contributed by atoms with Crippen molar-refractivity contribution in [3.63, 3.8) is 0 Å². The summed E-state index contributed by atoms with van der Waals surface area (Å²) in [5.41, 5.74) is 0. The Morgan fingerprint density at radius 3 is 2.31 bits per heavy atom. The highest BCUT2D eigenvalue weighted by atomic mass is 32.1. The highest BCUT2D eigenvalue weighted by Crippen LogP contribution is 2.10. The Morgan fingerprint density at radius 2 is 1.92 bits per heavy atom. The van der Waals surface area contributed by atoms with Gasteiger partial charge in [0.25, 0.3) is 0 Å². The monoisotopic (exact) mass is 204 g/mol. The van der Waals surface area contributed by atoms with Crippen LogP contribution >= 0.6 is 13.5 Å². The van der Waals surface area contributed by atoms with Gasteiger partial charge < -0.3 is 0 Å². The zero-order valence-electron chi connectivity index (χ0n) is 9.38. The molecule has 1 rings (SSSR count). The minimum atomic E-state index is 0. The first-order valence-electron chi connectivity index (χ1n) is 5.13. The molecule has 0 unspecified atom stereocenters. The predicted molar refractivity (Wildman–Crippen MR) is 63.8 cm³/mol. The van der Waals surface area contributed by atoms with Gasteiger partial charge in [0.1, 0.15) is 0 Å². The largest absolute Gasteiger partial charge is 0.298 e. The van der Waals surface area contributed by atoms with E-state index in [1.807, 2.05) is 0 Å². The zero-order valence-corrected chi connectivity index (χ0v) is 10.4. The number of likely N-dealkylation sites (N-methyl/N-ethyl adjacent to an activating group) is 1. The maximum Gasteiger partial charge on any atom is 0.0195 e. The van der Waals surface area contributed by atoms with E-state index >= 15 is 0 Å². The number of rotatable bonds is 2. The molecule has 1 atom stereocenters. The normalized spacial score (nSPS) is 26.1. The van der Waals surface area contributed by atoms with E-state index in [0.717, 1.165) is 6.04 Å². The van der Waals surface area contributed by atoms with Gasteiger partial charge in [0.05, 0.1) is 0 Å². The van der Waals surface area contributed by atoms with Crippen LogP contribution < -0.4 is 0 Å². The summed E-state index contributed by atoms with van der Waals surface area (Å²) < 4.78 is 0. The van der Waals surface area contributed by atoms with Crippen LogP contribution in [0.1, 0.15) is 27.7 Å². The number of hydrogen-bond donors (Lipinski definition) is 0. The van der Waals surface area contributed by atoms with Gasteiger partial charge in [0.15, 0.2) is 0 Å². The van der Waals surface area contributed by atoms with E-state index in [9.17, 15) is 0 Å². The van der Waals surface area contributed by atoms with Gasteiger partial charge >= 0.3 is 0 Å². The minimum absolute atomic E-state index is 0. The van der Waals surface area contributed by atoms with Crippen molar-refractivity contribution in [1.29, 1.82) is 0 Å². The van der Waals surface area contributed by atoms with Crippen LogP contribution in [0.5, 0.6) is 0 Å². The third-order valence-corrected chi connectivity index (χ3v) is 2.93. The Hall–Kier alpha value is 0.270. The average molecular weight is 204 g/mol. The molecule has 3 heteroatoms. The van der Waals surface area contributed by atoms with Crippen LogP contribution in [0.3, 0.4) is 0 Å². The van der Waals surface area contributed by atoms with Gasteiger partial charge in [-0.2, -0.15) is 13.5 Å². The Morgan fingerprint density at radius 1 is 1.31 bits per heavy atom. The third-order valence-electron chi connectivity index (χ3n) is 2.93. The van der Waals surface area contributed by atoms with Crippen LogP contribution in [0.25, 0.3) is 0 Å². The summed E-state index contributed by atoms with van der Waals surface area (Å²) in [6, 6.07) is 1.46. The lowest BCUT2D eigenvalue weighted by molar-refractivity contribution is 0.0687.